The summed E-state index contributed by atoms with van der Waals surface area (Å²) in [4.78, 5) is 29.3. The number of rotatable bonds is 7. The zero-order chi connectivity index (χ0) is 19.9. The van der Waals surface area contributed by atoms with Crippen LogP contribution in [0, 0.1) is 0 Å². The Morgan fingerprint density at radius 3 is 2.68 bits per heavy atom. The first-order valence-electron chi connectivity index (χ1n) is 8.94. The monoisotopic (exact) mass is 414 g/mol. The number of thiazole rings is 1. The van der Waals surface area contributed by atoms with Gasteiger partial charge in [-0.3, -0.25) is 4.79 Å². The van der Waals surface area contributed by atoms with E-state index in [1.165, 1.54) is 18.4 Å². The minimum absolute atomic E-state index is 0.137. The summed E-state index contributed by atoms with van der Waals surface area (Å²) in [6.07, 6.45) is 3.09. The Labute approximate surface area is 172 Å². The Kier molecular flexibility index (Phi) is 7.06. The minimum Gasteiger partial charge on any atom is -0.465 e. The molecule has 0 bridgehead atoms. The van der Waals surface area contributed by atoms with E-state index in [1.54, 1.807) is 23.9 Å². The summed E-state index contributed by atoms with van der Waals surface area (Å²) in [6.45, 7) is 0.754. The molecule has 0 saturated carbocycles. The largest absolute Gasteiger partial charge is 0.465 e. The van der Waals surface area contributed by atoms with Gasteiger partial charge in [0.15, 0.2) is 4.80 Å². The number of aromatic nitrogens is 1. The van der Waals surface area contributed by atoms with Crippen LogP contribution in [0.5, 0.6) is 0 Å². The molecule has 7 heteroatoms. The second-order valence-electron chi connectivity index (χ2n) is 6.19. The molecule has 1 aromatic heterocycles. The lowest BCUT2D eigenvalue weighted by atomic mass is 10.1. The van der Waals surface area contributed by atoms with E-state index in [2.05, 4.69) is 9.56 Å². The summed E-state index contributed by atoms with van der Waals surface area (Å²) >= 11 is 3.16. The normalized spacial score (nSPS) is 11.7. The van der Waals surface area contributed by atoms with Gasteiger partial charge in [0.05, 0.1) is 22.9 Å². The fourth-order valence-corrected chi connectivity index (χ4v) is 4.34. The van der Waals surface area contributed by atoms with Crippen molar-refractivity contribution in [1.82, 2.24) is 4.57 Å². The van der Waals surface area contributed by atoms with Crippen molar-refractivity contribution >= 4 is 45.2 Å². The number of esters is 1. The Balaban J connectivity index is 1.91. The number of nitrogens with zero attached hydrogens (tertiary/aromatic N) is 2. The fourth-order valence-electron chi connectivity index (χ4n) is 2.86. The molecule has 0 aliphatic heterocycles. The van der Waals surface area contributed by atoms with Gasteiger partial charge in [0.1, 0.15) is 0 Å². The van der Waals surface area contributed by atoms with Crippen LogP contribution in [0.1, 0.15) is 22.3 Å². The molecule has 1 heterocycles. The summed E-state index contributed by atoms with van der Waals surface area (Å²) in [7, 11) is 1.37. The zero-order valence-corrected chi connectivity index (χ0v) is 17.5. The molecule has 0 aliphatic carbocycles. The number of carbonyl (C=O) groups is 2. The smallest absolute Gasteiger partial charge is 0.337 e. The van der Waals surface area contributed by atoms with E-state index in [9.17, 15) is 9.59 Å². The molecule has 3 rings (SSSR count). The lowest BCUT2D eigenvalue weighted by Crippen LogP contribution is -2.18. The van der Waals surface area contributed by atoms with Crippen LogP contribution in [0.2, 0.25) is 0 Å². The van der Waals surface area contributed by atoms with Gasteiger partial charge < -0.3 is 9.30 Å². The summed E-state index contributed by atoms with van der Waals surface area (Å²) < 4.78 is 7.77. The van der Waals surface area contributed by atoms with Gasteiger partial charge in [-0.25, -0.2) is 4.79 Å². The molecule has 3 aromatic rings. The molecule has 2 aromatic carbocycles. The molecule has 146 valence electrons. The summed E-state index contributed by atoms with van der Waals surface area (Å²) in [5, 5.41) is 0. The lowest BCUT2D eigenvalue weighted by Gasteiger charge is -2.04. The van der Waals surface area contributed by atoms with Crippen LogP contribution < -0.4 is 4.80 Å². The van der Waals surface area contributed by atoms with E-state index in [-0.39, 0.29) is 11.9 Å². The van der Waals surface area contributed by atoms with Gasteiger partial charge in [-0.15, -0.1) is 0 Å². The maximum atomic E-state index is 12.5. The molecule has 28 heavy (non-hydrogen) atoms. The Hall–Kier alpha value is -2.38. The van der Waals surface area contributed by atoms with Crippen LogP contribution in [0.4, 0.5) is 0 Å². The van der Waals surface area contributed by atoms with E-state index < -0.39 is 0 Å². The number of carbonyl (C=O) groups excluding carboxylic acids is 2. The molecule has 5 nitrogen and oxygen atoms in total. The average Bonchev–Trinajstić information content (AvgIpc) is 3.06. The molecule has 0 fully saturated rings. The lowest BCUT2D eigenvalue weighted by molar-refractivity contribution is -0.118. The average molecular weight is 415 g/mol. The van der Waals surface area contributed by atoms with Crippen LogP contribution in [-0.4, -0.2) is 35.6 Å². The van der Waals surface area contributed by atoms with E-state index in [4.69, 9.17) is 4.74 Å². The number of hydrogen-bond donors (Lipinski definition) is 0. The van der Waals surface area contributed by atoms with E-state index in [0.29, 0.717) is 23.2 Å². The number of fused-ring (bicyclic) bond motifs is 1. The van der Waals surface area contributed by atoms with Crippen LogP contribution in [-0.2, 0) is 22.5 Å². The highest BCUT2D eigenvalue weighted by atomic mass is 32.2. The van der Waals surface area contributed by atoms with Gasteiger partial charge in [0.2, 0.25) is 5.91 Å². The van der Waals surface area contributed by atoms with Gasteiger partial charge in [0, 0.05) is 18.7 Å². The molecular weight excluding hydrogens is 392 g/mol. The Bertz CT molecular complexity index is 1040. The molecular formula is C21H22N2O3S2. The summed E-state index contributed by atoms with van der Waals surface area (Å²) in [5.41, 5.74) is 2.59. The number of ether oxygens (including phenoxy) is 1. The minimum atomic E-state index is -0.372. The first-order valence-corrected chi connectivity index (χ1v) is 11.2. The first-order chi connectivity index (χ1) is 13.6. The van der Waals surface area contributed by atoms with Crippen molar-refractivity contribution in [3.8, 4) is 0 Å². The molecule has 1 amide bonds. The molecule has 0 unspecified atom stereocenters. The second kappa shape index (κ2) is 9.71. The molecule has 0 N–H and O–H groups in total. The standard InChI is InChI=1S/C21H22N2O3S2/c1-26-20(25)16-9-10-17-18(14-16)28-21(23(17)12-13-27-2)22-19(24)11-8-15-6-4-3-5-7-15/h3-7,9-10,14H,8,11-13H2,1-2H3. The maximum Gasteiger partial charge on any atom is 0.337 e. The third kappa shape index (κ3) is 4.91. The highest BCUT2D eigenvalue weighted by Gasteiger charge is 2.12. The Morgan fingerprint density at radius 2 is 1.96 bits per heavy atom. The number of thioether (sulfide) groups is 1. The highest BCUT2D eigenvalue weighted by molar-refractivity contribution is 7.98. The van der Waals surface area contributed by atoms with Gasteiger partial charge in [-0.1, -0.05) is 41.7 Å². The number of methoxy groups -OCH3 is 1. The number of benzene rings is 2. The highest BCUT2D eigenvalue weighted by Crippen LogP contribution is 2.20. The third-order valence-electron chi connectivity index (χ3n) is 4.31. The number of amides is 1. The van der Waals surface area contributed by atoms with Crippen molar-refractivity contribution in [1.29, 1.82) is 0 Å². The topological polar surface area (TPSA) is 60.7 Å². The van der Waals surface area contributed by atoms with Crippen molar-refractivity contribution in [2.45, 2.75) is 19.4 Å². The van der Waals surface area contributed by atoms with Crippen molar-refractivity contribution in [2.24, 2.45) is 4.99 Å². The van der Waals surface area contributed by atoms with Crippen LogP contribution in [0.25, 0.3) is 10.2 Å². The summed E-state index contributed by atoms with van der Waals surface area (Å²) in [6, 6.07) is 15.4. The van der Waals surface area contributed by atoms with Gasteiger partial charge >= 0.3 is 5.97 Å². The summed E-state index contributed by atoms with van der Waals surface area (Å²) in [5.74, 6) is 0.403. The molecule has 0 atom stereocenters. The van der Waals surface area contributed by atoms with Crippen LogP contribution in [0.3, 0.4) is 0 Å². The molecule has 0 saturated heterocycles. The first kappa shape index (κ1) is 20.4. The molecule has 0 aliphatic rings. The quantitative estimate of drug-likeness (QED) is 0.550. The van der Waals surface area contributed by atoms with Crippen LogP contribution in [0.15, 0.2) is 53.5 Å². The second-order valence-corrected chi connectivity index (χ2v) is 8.19. The van der Waals surface area contributed by atoms with Gasteiger partial charge in [-0.05, 0) is 36.4 Å². The van der Waals surface area contributed by atoms with E-state index >= 15 is 0 Å². The van der Waals surface area contributed by atoms with E-state index in [0.717, 1.165) is 28.1 Å². The predicted molar refractivity (Wildman–Crippen MR) is 115 cm³/mol. The SMILES string of the molecule is COC(=O)c1ccc2c(c1)sc(=NC(=O)CCc1ccccc1)n2CCSC. The van der Waals surface area contributed by atoms with Gasteiger partial charge in [0.25, 0.3) is 0 Å². The molecule has 0 radical (unpaired) electrons. The number of aryl methyl sites for hydroxylation is 2. The molecule has 0 spiro atoms. The van der Waals surface area contributed by atoms with E-state index in [1.807, 2.05) is 42.7 Å². The van der Waals surface area contributed by atoms with Crippen LogP contribution >= 0.6 is 23.1 Å². The third-order valence-corrected chi connectivity index (χ3v) is 5.95. The van der Waals surface area contributed by atoms with Crippen molar-refractivity contribution in [2.75, 3.05) is 19.1 Å². The van der Waals surface area contributed by atoms with Crippen molar-refractivity contribution in [3.63, 3.8) is 0 Å². The maximum absolute atomic E-state index is 12.5. The predicted octanol–water partition coefficient (Wildman–Crippen LogP) is 3.91. The van der Waals surface area contributed by atoms with Gasteiger partial charge in [-0.2, -0.15) is 16.8 Å². The Morgan fingerprint density at radius 1 is 1.18 bits per heavy atom. The fraction of sp³-hybridized carbons (Fsp3) is 0.286. The zero-order valence-electron chi connectivity index (χ0n) is 15.9. The van der Waals surface area contributed by atoms with Crippen molar-refractivity contribution in [3.05, 3.63) is 64.5 Å². The number of hydrogen-bond acceptors (Lipinski definition) is 5. The van der Waals surface area contributed by atoms with Crippen molar-refractivity contribution < 1.29 is 14.3 Å².